The zero-order valence-electron chi connectivity index (χ0n) is 7.67. The summed E-state index contributed by atoms with van der Waals surface area (Å²) in [6.45, 7) is 7.24. The summed E-state index contributed by atoms with van der Waals surface area (Å²) in [5.41, 5.74) is 0.638. The molecule has 2 unspecified atom stereocenters. The highest BCUT2D eigenvalue weighted by molar-refractivity contribution is 7.81. The molecule has 64 valence electrons. The van der Waals surface area contributed by atoms with Gasteiger partial charge in [0.15, 0.2) is 0 Å². The van der Waals surface area contributed by atoms with Crippen molar-refractivity contribution in [1.82, 2.24) is 0 Å². The molecule has 0 nitrogen and oxygen atoms in total. The van der Waals surface area contributed by atoms with Crippen LogP contribution in [0, 0.1) is 23.2 Å². The summed E-state index contributed by atoms with van der Waals surface area (Å²) >= 11 is 4.62. The van der Waals surface area contributed by atoms with Gasteiger partial charge in [-0.05, 0) is 36.0 Å². The SMILES string of the molecule is C[C@H]1C2CC(C[C@H]1S)C2(C)C. The summed E-state index contributed by atoms with van der Waals surface area (Å²) in [7, 11) is 0. The second kappa shape index (κ2) is 2.18. The van der Waals surface area contributed by atoms with Gasteiger partial charge in [-0.15, -0.1) is 0 Å². The van der Waals surface area contributed by atoms with Gasteiger partial charge >= 0.3 is 0 Å². The van der Waals surface area contributed by atoms with E-state index in [1.807, 2.05) is 0 Å². The maximum Gasteiger partial charge on any atom is 0.00481 e. The average Bonchev–Trinajstić information content (AvgIpc) is 1.93. The van der Waals surface area contributed by atoms with Gasteiger partial charge < -0.3 is 0 Å². The maximum atomic E-state index is 4.62. The number of thiol groups is 1. The lowest BCUT2D eigenvalue weighted by molar-refractivity contribution is -0.0947. The van der Waals surface area contributed by atoms with E-state index in [-0.39, 0.29) is 0 Å². The van der Waals surface area contributed by atoms with Crippen LogP contribution in [0.3, 0.4) is 0 Å². The normalized spacial score (nSPS) is 53.5. The van der Waals surface area contributed by atoms with Crippen molar-refractivity contribution in [3.8, 4) is 0 Å². The smallest absolute Gasteiger partial charge is 0.00481 e. The molecule has 0 aliphatic heterocycles. The average molecular weight is 170 g/mol. The van der Waals surface area contributed by atoms with Crippen molar-refractivity contribution in [3.63, 3.8) is 0 Å². The van der Waals surface area contributed by atoms with Crippen LogP contribution in [0.4, 0.5) is 0 Å². The molecule has 0 heterocycles. The van der Waals surface area contributed by atoms with E-state index in [9.17, 15) is 0 Å². The van der Waals surface area contributed by atoms with Crippen LogP contribution in [0.25, 0.3) is 0 Å². The van der Waals surface area contributed by atoms with E-state index in [4.69, 9.17) is 0 Å². The zero-order valence-corrected chi connectivity index (χ0v) is 8.57. The Labute approximate surface area is 75.2 Å². The molecule has 0 radical (unpaired) electrons. The Morgan fingerprint density at radius 1 is 1.27 bits per heavy atom. The lowest BCUT2D eigenvalue weighted by atomic mass is 9.46. The van der Waals surface area contributed by atoms with Gasteiger partial charge in [0.1, 0.15) is 0 Å². The standard InChI is InChI=1S/C10H18S/c1-6-8-4-7(5-9(6)11)10(8,2)3/h6-9,11H,4-5H2,1-3H3/t6-,7?,8?,9+/m0/s1. The number of rotatable bonds is 0. The minimum absolute atomic E-state index is 0.638. The summed E-state index contributed by atoms with van der Waals surface area (Å²) < 4.78 is 0. The van der Waals surface area contributed by atoms with E-state index in [0.29, 0.717) is 10.7 Å². The summed E-state index contributed by atoms with van der Waals surface area (Å²) in [4.78, 5) is 0. The molecular formula is C10H18S. The van der Waals surface area contributed by atoms with Gasteiger partial charge in [0.05, 0.1) is 0 Å². The highest BCUT2D eigenvalue weighted by atomic mass is 32.1. The van der Waals surface area contributed by atoms with Crippen LogP contribution < -0.4 is 0 Å². The van der Waals surface area contributed by atoms with Crippen LogP contribution in [-0.4, -0.2) is 5.25 Å². The first-order valence-corrected chi connectivity index (χ1v) is 5.23. The van der Waals surface area contributed by atoms with E-state index in [0.717, 1.165) is 17.8 Å². The molecule has 2 bridgehead atoms. The Morgan fingerprint density at radius 3 is 2.27 bits per heavy atom. The van der Waals surface area contributed by atoms with E-state index in [1.165, 1.54) is 12.8 Å². The largest absolute Gasteiger partial charge is 0.176 e. The predicted octanol–water partition coefficient (Wildman–Crippen LogP) is 2.99. The number of fused-ring (bicyclic) bond motifs is 2. The quantitative estimate of drug-likeness (QED) is 0.531. The molecule has 1 heteroatoms. The third-order valence-corrected chi connectivity index (χ3v) is 5.00. The molecule has 3 rings (SSSR count). The highest BCUT2D eigenvalue weighted by Crippen LogP contribution is 2.62. The summed E-state index contributed by atoms with van der Waals surface area (Å²) in [6, 6.07) is 0. The lowest BCUT2D eigenvalue weighted by Gasteiger charge is -2.61. The van der Waals surface area contributed by atoms with Crippen molar-refractivity contribution >= 4 is 12.6 Å². The van der Waals surface area contributed by atoms with Crippen molar-refractivity contribution in [3.05, 3.63) is 0 Å². The first-order valence-electron chi connectivity index (χ1n) is 4.71. The molecule has 0 amide bonds. The van der Waals surface area contributed by atoms with Crippen LogP contribution >= 0.6 is 12.6 Å². The fourth-order valence-corrected chi connectivity index (χ4v) is 3.59. The van der Waals surface area contributed by atoms with Gasteiger partial charge in [-0.1, -0.05) is 20.8 Å². The van der Waals surface area contributed by atoms with Crippen LogP contribution in [0.2, 0.25) is 0 Å². The van der Waals surface area contributed by atoms with Crippen LogP contribution in [0.5, 0.6) is 0 Å². The number of hydrogen-bond donors (Lipinski definition) is 1. The van der Waals surface area contributed by atoms with Gasteiger partial charge in [-0.25, -0.2) is 0 Å². The summed E-state index contributed by atoms with van der Waals surface area (Å²) in [5, 5.41) is 0.687. The molecule has 4 atom stereocenters. The molecule has 3 aliphatic rings. The predicted molar refractivity (Wildman–Crippen MR) is 51.9 cm³/mol. The molecule has 0 saturated heterocycles. The van der Waals surface area contributed by atoms with Crippen molar-refractivity contribution < 1.29 is 0 Å². The Kier molecular flexibility index (Phi) is 1.58. The molecule has 0 aromatic carbocycles. The van der Waals surface area contributed by atoms with Crippen molar-refractivity contribution in [2.24, 2.45) is 23.2 Å². The van der Waals surface area contributed by atoms with Crippen LogP contribution in [0.15, 0.2) is 0 Å². The first-order chi connectivity index (χ1) is 5.03. The van der Waals surface area contributed by atoms with Gasteiger partial charge in [-0.2, -0.15) is 12.6 Å². The van der Waals surface area contributed by atoms with Crippen molar-refractivity contribution in [2.75, 3.05) is 0 Å². The topological polar surface area (TPSA) is 0 Å². The lowest BCUT2D eigenvalue weighted by Crippen LogP contribution is -2.55. The summed E-state index contributed by atoms with van der Waals surface area (Å²) in [5.74, 6) is 2.79. The highest BCUT2D eigenvalue weighted by Gasteiger charge is 2.55. The molecule has 3 aliphatic carbocycles. The van der Waals surface area contributed by atoms with Gasteiger partial charge in [-0.3, -0.25) is 0 Å². The van der Waals surface area contributed by atoms with Crippen molar-refractivity contribution in [2.45, 2.75) is 38.9 Å². The third kappa shape index (κ3) is 0.898. The van der Waals surface area contributed by atoms with Crippen LogP contribution in [0.1, 0.15) is 33.6 Å². The molecule has 3 fully saturated rings. The van der Waals surface area contributed by atoms with E-state index in [2.05, 4.69) is 33.4 Å². The maximum absolute atomic E-state index is 4.62. The monoisotopic (exact) mass is 170 g/mol. The molecule has 0 aromatic rings. The van der Waals surface area contributed by atoms with E-state index < -0.39 is 0 Å². The first kappa shape index (κ1) is 7.97. The Morgan fingerprint density at radius 2 is 1.91 bits per heavy atom. The number of hydrogen-bond acceptors (Lipinski definition) is 1. The van der Waals surface area contributed by atoms with Gasteiger partial charge in [0, 0.05) is 5.25 Å². The minimum Gasteiger partial charge on any atom is -0.176 e. The molecular weight excluding hydrogens is 152 g/mol. The Hall–Kier alpha value is 0.350. The Balaban J connectivity index is 2.17. The van der Waals surface area contributed by atoms with E-state index in [1.54, 1.807) is 0 Å². The molecule has 0 N–H and O–H groups in total. The van der Waals surface area contributed by atoms with E-state index >= 15 is 0 Å². The fraction of sp³-hybridized carbons (Fsp3) is 1.00. The van der Waals surface area contributed by atoms with Gasteiger partial charge in [0.2, 0.25) is 0 Å². The fourth-order valence-electron chi connectivity index (χ4n) is 3.12. The van der Waals surface area contributed by atoms with Crippen LogP contribution in [-0.2, 0) is 0 Å². The second-order valence-electron chi connectivity index (χ2n) is 5.02. The molecule has 11 heavy (non-hydrogen) atoms. The zero-order chi connectivity index (χ0) is 8.22. The molecule has 0 aromatic heterocycles. The second-order valence-corrected chi connectivity index (χ2v) is 5.69. The minimum atomic E-state index is 0.638. The van der Waals surface area contributed by atoms with Gasteiger partial charge in [0.25, 0.3) is 0 Å². The van der Waals surface area contributed by atoms with Crippen molar-refractivity contribution in [1.29, 1.82) is 0 Å². The molecule has 0 spiro atoms. The third-order valence-electron chi connectivity index (χ3n) is 4.31. The molecule has 3 saturated carbocycles. The summed E-state index contributed by atoms with van der Waals surface area (Å²) in [6.07, 6.45) is 2.83. The Bertz CT molecular complexity index is 174.